The summed E-state index contributed by atoms with van der Waals surface area (Å²) in [6.07, 6.45) is 0. The highest BCUT2D eigenvalue weighted by molar-refractivity contribution is 7.09. The molecule has 0 bridgehead atoms. The summed E-state index contributed by atoms with van der Waals surface area (Å²) in [4.78, 5) is 16.7. The Morgan fingerprint density at radius 2 is 2.27 bits per heavy atom. The standard InChI is InChI=1S/C8H15N5OS/c1-5(2)3-13(4-6(9)14)8-11-7(10)12-15-8/h5H,3-4H2,1-2H3,(H2,9,14)(H2,10,12). The monoisotopic (exact) mass is 229 g/mol. The lowest BCUT2D eigenvalue weighted by Gasteiger charge is -2.21. The molecule has 0 saturated carbocycles. The first-order valence-corrected chi connectivity index (χ1v) is 5.38. The minimum absolute atomic E-state index is 0.146. The van der Waals surface area contributed by atoms with Gasteiger partial charge >= 0.3 is 0 Å². The number of primary amides is 1. The van der Waals surface area contributed by atoms with Gasteiger partial charge in [0.05, 0.1) is 6.54 Å². The van der Waals surface area contributed by atoms with E-state index in [2.05, 4.69) is 23.2 Å². The molecule has 1 aromatic rings. The van der Waals surface area contributed by atoms with Crippen molar-refractivity contribution in [3.05, 3.63) is 0 Å². The van der Waals surface area contributed by atoms with Crippen molar-refractivity contribution in [1.82, 2.24) is 9.36 Å². The topological polar surface area (TPSA) is 98.1 Å². The number of nitrogens with two attached hydrogens (primary N) is 2. The van der Waals surface area contributed by atoms with Gasteiger partial charge in [0.2, 0.25) is 17.0 Å². The van der Waals surface area contributed by atoms with E-state index >= 15 is 0 Å². The van der Waals surface area contributed by atoms with Gasteiger partial charge in [0.25, 0.3) is 0 Å². The maximum absolute atomic E-state index is 10.9. The zero-order valence-electron chi connectivity index (χ0n) is 8.80. The summed E-state index contributed by atoms with van der Waals surface area (Å²) in [7, 11) is 0. The molecule has 0 radical (unpaired) electrons. The summed E-state index contributed by atoms with van der Waals surface area (Å²) in [6, 6.07) is 0. The largest absolute Gasteiger partial charge is 0.368 e. The first-order chi connectivity index (χ1) is 6.99. The van der Waals surface area contributed by atoms with E-state index in [1.54, 1.807) is 4.90 Å². The van der Waals surface area contributed by atoms with E-state index in [0.29, 0.717) is 17.6 Å². The van der Waals surface area contributed by atoms with Crippen LogP contribution >= 0.6 is 11.5 Å². The van der Waals surface area contributed by atoms with E-state index in [4.69, 9.17) is 11.5 Å². The van der Waals surface area contributed by atoms with Gasteiger partial charge in [0, 0.05) is 18.1 Å². The molecule has 1 rings (SSSR count). The molecule has 84 valence electrons. The Morgan fingerprint density at radius 3 is 2.67 bits per heavy atom. The number of anilines is 2. The molecule has 0 spiro atoms. The van der Waals surface area contributed by atoms with Gasteiger partial charge in [0.1, 0.15) is 0 Å². The SMILES string of the molecule is CC(C)CN(CC(N)=O)c1nc(N)ns1. The average molecular weight is 229 g/mol. The molecular weight excluding hydrogens is 214 g/mol. The second-order valence-corrected chi connectivity index (χ2v) is 4.41. The second-order valence-electron chi connectivity index (χ2n) is 3.68. The lowest BCUT2D eigenvalue weighted by Crippen LogP contribution is -2.36. The summed E-state index contributed by atoms with van der Waals surface area (Å²) in [6.45, 7) is 4.96. The lowest BCUT2D eigenvalue weighted by atomic mass is 10.2. The number of carbonyl (C=O) groups excluding carboxylic acids is 1. The molecule has 0 saturated heterocycles. The van der Waals surface area contributed by atoms with Gasteiger partial charge in [-0.3, -0.25) is 4.79 Å². The second kappa shape index (κ2) is 4.92. The molecule has 1 heterocycles. The van der Waals surface area contributed by atoms with E-state index in [1.807, 2.05) is 0 Å². The van der Waals surface area contributed by atoms with E-state index in [9.17, 15) is 4.79 Å². The first kappa shape index (κ1) is 11.7. The Hall–Kier alpha value is -1.37. The van der Waals surface area contributed by atoms with Crippen LogP contribution in [0.1, 0.15) is 13.8 Å². The van der Waals surface area contributed by atoms with Crippen LogP contribution in [0, 0.1) is 5.92 Å². The van der Waals surface area contributed by atoms with Gasteiger partial charge in [0.15, 0.2) is 0 Å². The quantitative estimate of drug-likeness (QED) is 0.744. The third kappa shape index (κ3) is 3.70. The summed E-state index contributed by atoms with van der Waals surface area (Å²) < 4.78 is 3.87. The number of aromatic nitrogens is 2. The van der Waals surface area contributed by atoms with Crippen LogP contribution in [-0.2, 0) is 4.79 Å². The molecule has 1 aromatic heterocycles. The highest BCUT2D eigenvalue weighted by Crippen LogP contribution is 2.18. The average Bonchev–Trinajstić information content (AvgIpc) is 2.48. The maximum atomic E-state index is 10.9. The third-order valence-corrected chi connectivity index (χ3v) is 2.42. The van der Waals surface area contributed by atoms with Crippen molar-refractivity contribution in [3.63, 3.8) is 0 Å². The number of amides is 1. The van der Waals surface area contributed by atoms with Gasteiger partial charge in [-0.25, -0.2) is 0 Å². The van der Waals surface area contributed by atoms with E-state index in [-0.39, 0.29) is 18.4 Å². The first-order valence-electron chi connectivity index (χ1n) is 4.61. The van der Waals surface area contributed by atoms with Crippen LogP contribution in [0.15, 0.2) is 0 Å². The molecule has 4 N–H and O–H groups in total. The zero-order valence-corrected chi connectivity index (χ0v) is 9.62. The molecule has 0 aliphatic rings. The van der Waals surface area contributed by atoms with Crippen LogP contribution in [-0.4, -0.2) is 28.4 Å². The van der Waals surface area contributed by atoms with Crippen molar-refractivity contribution in [2.45, 2.75) is 13.8 Å². The molecule has 1 amide bonds. The van der Waals surface area contributed by atoms with E-state index in [0.717, 1.165) is 0 Å². The highest BCUT2D eigenvalue weighted by atomic mass is 32.1. The summed E-state index contributed by atoms with van der Waals surface area (Å²) >= 11 is 1.17. The number of nitrogen functional groups attached to an aromatic ring is 1. The lowest BCUT2D eigenvalue weighted by molar-refractivity contribution is -0.116. The van der Waals surface area contributed by atoms with Gasteiger partial charge in [-0.2, -0.15) is 9.36 Å². The minimum Gasteiger partial charge on any atom is -0.368 e. The van der Waals surface area contributed by atoms with Crippen LogP contribution in [0.5, 0.6) is 0 Å². The van der Waals surface area contributed by atoms with Crippen molar-refractivity contribution >= 4 is 28.5 Å². The third-order valence-electron chi connectivity index (χ3n) is 1.63. The van der Waals surface area contributed by atoms with Crippen LogP contribution < -0.4 is 16.4 Å². The molecule has 15 heavy (non-hydrogen) atoms. The normalized spacial score (nSPS) is 10.6. The van der Waals surface area contributed by atoms with E-state index < -0.39 is 0 Å². The molecule has 7 heteroatoms. The van der Waals surface area contributed by atoms with Gasteiger partial charge < -0.3 is 16.4 Å². The Bertz CT molecular complexity index is 338. The van der Waals surface area contributed by atoms with Gasteiger partial charge in [-0.15, -0.1) is 0 Å². The van der Waals surface area contributed by atoms with E-state index in [1.165, 1.54) is 11.5 Å². The molecule has 0 atom stereocenters. The summed E-state index contributed by atoms with van der Waals surface area (Å²) in [5, 5.41) is 0.639. The molecule has 0 aliphatic carbocycles. The van der Waals surface area contributed by atoms with Gasteiger partial charge in [-0.05, 0) is 5.92 Å². The summed E-state index contributed by atoms with van der Waals surface area (Å²) in [5.74, 6) is 0.257. The van der Waals surface area contributed by atoms with Crippen molar-refractivity contribution in [1.29, 1.82) is 0 Å². The van der Waals surface area contributed by atoms with Crippen molar-refractivity contribution in [2.75, 3.05) is 23.7 Å². The van der Waals surface area contributed by atoms with Crippen LogP contribution in [0.3, 0.4) is 0 Å². The molecule has 6 nitrogen and oxygen atoms in total. The minimum atomic E-state index is -0.385. The fourth-order valence-electron chi connectivity index (χ4n) is 1.19. The number of nitrogens with zero attached hydrogens (tertiary/aromatic N) is 3. The number of carbonyl (C=O) groups is 1. The summed E-state index contributed by atoms with van der Waals surface area (Å²) in [5.41, 5.74) is 10.6. The maximum Gasteiger partial charge on any atom is 0.237 e. The predicted octanol–water partition coefficient (Wildman–Crippen LogP) is 0.0680. The number of hydrogen-bond donors (Lipinski definition) is 2. The molecule has 0 fully saturated rings. The zero-order chi connectivity index (χ0) is 11.4. The van der Waals surface area contributed by atoms with Crippen molar-refractivity contribution in [2.24, 2.45) is 11.7 Å². The van der Waals surface area contributed by atoms with Crippen LogP contribution in [0.25, 0.3) is 0 Å². The number of hydrogen-bond acceptors (Lipinski definition) is 6. The molecule has 0 unspecified atom stereocenters. The Kier molecular flexibility index (Phi) is 3.84. The van der Waals surface area contributed by atoms with Crippen molar-refractivity contribution < 1.29 is 4.79 Å². The Labute approximate surface area is 92.4 Å². The molecule has 0 aromatic carbocycles. The molecule has 0 aliphatic heterocycles. The Balaban J connectivity index is 2.75. The fraction of sp³-hybridized carbons (Fsp3) is 0.625. The van der Waals surface area contributed by atoms with Crippen molar-refractivity contribution in [3.8, 4) is 0 Å². The highest BCUT2D eigenvalue weighted by Gasteiger charge is 2.15. The van der Waals surface area contributed by atoms with Crippen LogP contribution in [0.2, 0.25) is 0 Å². The fourth-order valence-corrected chi connectivity index (χ4v) is 1.80. The smallest absolute Gasteiger partial charge is 0.237 e. The predicted molar refractivity (Wildman–Crippen MR) is 60.6 cm³/mol. The number of rotatable bonds is 5. The van der Waals surface area contributed by atoms with Gasteiger partial charge in [-0.1, -0.05) is 13.8 Å². The Morgan fingerprint density at radius 1 is 1.60 bits per heavy atom. The molecular formula is C8H15N5OS. The van der Waals surface area contributed by atoms with Crippen LogP contribution in [0.4, 0.5) is 11.1 Å².